The number of amides is 2. The number of nitrogens with one attached hydrogen (secondary N) is 2. The van der Waals surface area contributed by atoms with Crippen LogP contribution in [0.2, 0.25) is 0 Å². The average molecular weight is 441 g/mol. The Morgan fingerprint density at radius 2 is 1.58 bits per heavy atom. The second kappa shape index (κ2) is 9.61. The van der Waals surface area contributed by atoms with Crippen LogP contribution >= 0.6 is 0 Å². The summed E-state index contributed by atoms with van der Waals surface area (Å²) in [5.74, 6) is -0.837. The first kappa shape index (κ1) is 22.3. The molecule has 2 amide bonds. The van der Waals surface area contributed by atoms with E-state index in [1.165, 1.54) is 24.3 Å². The van der Waals surface area contributed by atoms with E-state index in [1.807, 2.05) is 13.8 Å². The van der Waals surface area contributed by atoms with Crippen LogP contribution in [0.5, 0.6) is 0 Å². The standard InChI is InChI=1S/C23H24N2O5S/c1-16(2)14-24-22(26)19-10-6-7-11-20(19)25-23(27)21-13-12-17(30-21)15-31(28,29)18-8-4-3-5-9-18/h3-13,16H,14-15H2,1-2H3,(H,24,26)(H,25,27). The predicted octanol–water partition coefficient (Wildman–Crippen LogP) is 3.89. The Morgan fingerprint density at radius 1 is 0.903 bits per heavy atom. The lowest BCUT2D eigenvalue weighted by atomic mass is 10.1. The Hall–Kier alpha value is -3.39. The highest BCUT2D eigenvalue weighted by Crippen LogP contribution is 2.20. The molecule has 0 fully saturated rings. The Balaban J connectivity index is 1.72. The molecular weight excluding hydrogens is 416 g/mol. The summed E-state index contributed by atoms with van der Waals surface area (Å²) in [6.07, 6.45) is 0. The summed E-state index contributed by atoms with van der Waals surface area (Å²) >= 11 is 0. The van der Waals surface area contributed by atoms with Crippen molar-refractivity contribution in [3.05, 3.63) is 83.8 Å². The molecule has 0 saturated carbocycles. The van der Waals surface area contributed by atoms with Gasteiger partial charge in [0.05, 0.1) is 16.1 Å². The van der Waals surface area contributed by atoms with Gasteiger partial charge in [-0.1, -0.05) is 44.2 Å². The molecule has 0 unspecified atom stereocenters. The lowest BCUT2D eigenvalue weighted by molar-refractivity contribution is 0.0950. The van der Waals surface area contributed by atoms with Gasteiger partial charge in [0.15, 0.2) is 15.6 Å². The van der Waals surface area contributed by atoms with E-state index >= 15 is 0 Å². The van der Waals surface area contributed by atoms with Crippen LogP contribution in [0.25, 0.3) is 0 Å². The predicted molar refractivity (Wildman–Crippen MR) is 118 cm³/mol. The highest BCUT2D eigenvalue weighted by Gasteiger charge is 2.20. The zero-order valence-corrected chi connectivity index (χ0v) is 18.1. The fourth-order valence-corrected chi connectivity index (χ4v) is 4.11. The van der Waals surface area contributed by atoms with E-state index < -0.39 is 15.7 Å². The number of hydrogen-bond acceptors (Lipinski definition) is 5. The highest BCUT2D eigenvalue weighted by atomic mass is 32.2. The number of sulfone groups is 1. The molecule has 3 aromatic rings. The third kappa shape index (κ3) is 5.82. The van der Waals surface area contributed by atoms with Crippen molar-refractivity contribution in [2.45, 2.75) is 24.5 Å². The molecule has 0 spiro atoms. The number of hydrogen-bond donors (Lipinski definition) is 2. The van der Waals surface area contributed by atoms with Crippen molar-refractivity contribution in [2.75, 3.05) is 11.9 Å². The van der Waals surface area contributed by atoms with Gasteiger partial charge in [0, 0.05) is 6.54 Å². The van der Waals surface area contributed by atoms with Crippen LogP contribution in [-0.2, 0) is 15.6 Å². The second-order valence-electron chi connectivity index (χ2n) is 7.44. The van der Waals surface area contributed by atoms with E-state index in [1.54, 1.807) is 42.5 Å². The van der Waals surface area contributed by atoms with Crippen molar-refractivity contribution in [1.82, 2.24) is 5.32 Å². The van der Waals surface area contributed by atoms with Gasteiger partial charge >= 0.3 is 0 Å². The Bertz CT molecular complexity index is 1170. The number of rotatable bonds is 8. The molecule has 162 valence electrons. The fourth-order valence-electron chi connectivity index (χ4n) is 2.84. The van der Waals surface area contributed by atoms with Crippen LogP contribution in [0.15, 0.2) is 76.0 Å². The van der Waals surface area contributed by atoms with E-state index in [-0.39, 0.29) is 28.1 Å². The number of benzene rings is 2. The number of anilines is 1. The van der Waals surface area contributed by atoms with Gasteiger partial charge in [0.2, 0.25) is 0 Å². The summed E-state index contributed by atoms with van der Waals surface area (Å²) in [4.78, 5) is 25.2. The molecule has 31 heavy (non-hydrogen) atoms. The van der Waals surface area contributed by atoms with E-state index in [2.05, 4.69) is 10.6 Å². The molecule has 0 aliphatic heterocycles. The first-order valence-electron chi connectivity index (χ1n) is 9.81. The minimum atomic E-state index is -3.59. The Morgan fingerprint density at radius 3 is 2.29 bits per heavy atom. The summed E-state index contributed by atoms with van der Waals surface area (Å²) in [5.41, 5.74) is 0.665. The normalized spacial score (nSPS) is 11.3. The number of carbonyl (C=O) groups is 2. The van der Waals surface area contributed by atoms with Gasteiger partial charge in [-0.15, -0.1) is 0 Å². The van der Waals surface area contributed by atoms with E-state index in [9.17, 15) is 18.0 Å². The molecule has 0 aliphatic carbocycles. The van der Waals surface area contributed by atoms with E-state index in [4.69, 9.17) is 4.42 Å². The van der Waals surface area contributed by atoms with E-state index in [0.29, 0.717) is 23.7 Å². The van der Waals surface area contributed by atoms with Gasteiger partial charge in [-0.3, -0.25) is 9.59 Å². The molecular formula is C23H24N2O5S. The van der Waals surface area contributed by atoms with Crippen LogP contribution in [0.3, 0.4) is 0 Å². The lowest BCUT2D eigenvalue weighted by Gasteiger charge is -2.12. The maximum Gasteiger partial charge on any atom is 0.291 e. The fraction of sp³-hybridized carbons (Fsp3) is 0.217. The molecule has 1 aromatic heterocycles. The van der Waals surface area contributed by atoms with Crippen molar-refractivity contribution < 1.29 is 22.4 Å². The van der Waals surface area contributed by atoms with Crippen molar-refractivity contribution >= 4 is 27.3 Å². The van der Waals surface area contributed by atoms with Crippen LogP contribution in [0.4, 0.5) is 5.69 Å². The zero-order chi connectivity index (χ0) is 22.4. The quantitative estimate of drug-likeness (QED) is 0.553. The summed E-state index contributed by atoms with van der Waals surface area (Å²) in [5, 5.41) is 5.48. The minimum absolute atomic E-state index is 0.0457. The molecule has 0 bridgehead atoms. The average Bonchev–Trinajstić information content (AvgIpc) is 3.21. The van der Waals surface area contributed by atoms with Crippen LogP contribution in [0, 0.1) is 5.92 Å². The summed E-state index contributed by atoms with van der Waals surface area (Å²) in [6.45, 7) is 4.49. The monoisotopic (exact) mass is 440 g/mol. The van der Waals surface area contributed by atoms with E-state index in [0.717, 1.165) is 0 Å². The molecule has 0 aliphatic rings. The summed E-state index contributed by atoms with van der Waals surface area (Å²) in [7, 11) is -3.59. The van der Waals surface area contributed by atoms with Gasteiger partial charge in [-0.05, 0) is 42.3 Å². The molecule has 3 rings (SSSR count). The lowest BCUT2D eigenvalue weighted by Crippen LogP contribution is -2.28. The molecule has 0 saturated heterocycles. The van der Waals surface area contributed by atoms with Crippen LogP contribution < -0.4 is 10.6 Å². The largest absolute Gasteiger partial charge is 0.455 e. The molecule has 0 atom stereocenters. The molecule has 7 nitrogen and oxygen atoms in total. The van der Waals surface area contributed by atoms with Crippen molar-refractivity contribution in [3.8, 4) is 0 Å². The van der Waals surface area contributed by atoms with Gasteiger partial charge in [0.25, 0.3) is 11.8 Å². The maximum absolute atomic E-state index is 12.6. The Labute approximate surface area is 181 Å². The zero-order valence-electron chi connectivity index (χ0n) is 17.3. The minimum Gasteiger partial charge on any atom is -0.455 e. The van der Waals surface area contributed by atoms with Gasteiger partial charge < -0.3 is 15.1 Å². The molecule has 2 N–H and O–H groups in total. The van der Waals surface area contributed by atoms with Gasteiger partial charge in [-0.2, -0.15) is 0 Å². The summed E-state index contributed by atoms with van der Waals surface area (Å²) < 4.78 is 30.5. The molecule has 0 radical (unpaired) electrons. The van der Waals surface area contributed by atoms with Crippen molar-refractivity contribution in [1.29, 1.82) is 0 Å². The Kier molecular flexibility index (Phi) is 6.91. The third-order valence-electron chi connectivity index (χ3n) is 4.41. The maximum atomic E-state index is 12.6. The first-order chi connectivity index (χ1) is 14.8. The van der Waals surface area contributed by atoms with Gasteiger partial charge in [-0.25, -0.2) is 8.42 Å². The van der Waals surface area contributed by atoms with Crippen LogP contribution in [0.1, 0.15) is 40.5 Å². The van der Waals surface area contributed by atoms with Crippen molar-refractivity contribution in [2.24, 2.45) is 5.92 Å². The molecule has 1 heterocycles. The second-order valence-corrected chi connectivity index (χ2v) is 9.43. The summed E-state index contributed by atoms with van der Waals surface area (Å²) in [6, 6.07) is 17.5. The van der Waals surface area contributed by atoms with Crippen molar-refractivity contribution in [3.63, 3.8) is 0 Å². The third-order valence-corrected chi connectivity index (χ3v) is 6.07. The molecule has 2 aromatic carbocycles. The number of furan rings is 1. The SMILES string of the molecule is CC(C)CNC(=O)c1ccccc1NC(=O)c1ccc(CS(=O)(=O)c2ccccc2)o1. The smallest absolute Gasteiger partial charge is 0.291 e. The topological polar surface area (TPSA) is 105 Å². The highest BCUT2D eigenvalue weighted by molar-refractivity contribution is 7.90. The first-order valence-corrected chi connectivity index (χ1v) is 11.5. The number of para-hydroxylation sites is 1. The van der Waals surface area contributed by atoms with Gasteiger partial charge in [0.1, 0.15) is 11.5 Å². The number of carbonyl (C=O) groups excluding carboxylic acids is 2. The van der Waals surface area contributed by atoms with Crippen LogP contribution in [-0.4, -0.2) is 26.8 Å². The molecule has 8 heteroatoms.